The van der Waals surface area contributed by atoms with E-state index in [1.54, 1.807) is 6.08 Å². The maximum atomic E-state index is 11.6. The van der Waals surface area contributed by atoms with E-state index < -0.39 is 11.9 Å². The van der Waals surface area contributed by atoms with Crippen LogP contribution in [0.3, 0.4) is 0 Å². The van der Waals surface area contributed by atoms with Gasteiger partial charge in [0.1, 0.15) is 0 Å². The van der Waals surface area contributed by atoms with Crippen LogP contribution < -0.4 is 10.6 Å². The molecule has 0 aliphatic heterocycles. The Labute approximate surface area is 101 Å². The van der Waals surface area contributed by atoms with Crippen LogP contribution in [0.25, 0.3) is 0 Å². The molecule has 1 fully saturated rings. The van der Waals surface area contributed by atoms with Gasteiger partial charge in [-0.2, -0.15) is 0 Å². The number of aliphatic carboxylic acids is 1. The minimum absolute atomic E-state index is 0.148. The second-order valence-electron chi connectivity index (χ2n) is 4.32. The van der Waals surface area contributed by atoms with Crippen molar-refractivity contribution in [3.05, 3.63) is 12.7 Å². The Morgan fingerprint density at radius 2 is 2.06 bits per heavy atom. The molecular weight excluding hydrogens is 220 g/mol. The number of rotatable bonds is 6. The molecule has 0 aromatic rings. The zero-order chi connectivity index (χ0) is 12.7. The van der Waals surface area contributed by atoms with Gasteiger partial charge in [0.2, 0.25) is 5.91 Å². The molecule has 1 amide bonds. The van der Waals surface area contributed by atoms with E-state index in [9.17, 15) is 9.59 Å². The second-order valence-corrected chi connectivity index (χ2v) is 4.32. The lowest BCUT2D eigenvalue weighted by Crippen LogP contribution is -2.47. The molecule has 96 valence electrons. The highest BCUT2D eigenvalue weighted by atomic mass is 16.4. The first kappa shape index (κ1) is 13.7. The first-order chi connectivity index (χ1) is 8.15. The molecule has 5 heteroatoms. The molecule has 1 aliphatic carbocycles. The van der Waals surface area contributed by atoms with Gasteiger partial charge in [0.25, 0.3) is 0 Å². The van der Waals surface area contributed by atoms with Crippen LogP contribution in [0.5, 0.6) is 0 Å². The molecular formula is C12H20N2O3. The number of carbonyl (C=O) groups excluding carboxylic acids is 1. The standard InChI is InChI=1S/C12H20N2O3/c1-2-7-13-8-11(15)14-10-6-4-3-5-9(10)12(16)17/h2,9-10,13H,1,3-8H2,(H,14,15)(H,16,17). The predicted molar refractivity (Wildman–Crippen MR) is 64.6 cm³/mol. The highest BCUT2D eigenvalue weighted by Gasteiger charge is 2.31. The fourth-order valence-corrected chi connectivity index (χ4v) is 2.14. The van der Waals surface area contributed by atoms with Crippen molar-refractivity contribution in [2.75, 3.05) is 13.1 Å². The molecule has 0 bridgehead atoms. The van der Waals surface area contributed by atoms with Crippen molar-refractivity contribution in [2.45, 2.75) is 31.7 Å². The van der Waals surface area contributed by atoms with E-state index in [2.05, 4.69) is 17.2 Å². The Balaban J connectivity index is 2.39. The van der Waals surface area contributed by atoms with E-state index in [-0.39, 0.29) is 18.5 Å². The van der Waals surface area contributed by atoms with Crippen molar-refractivity contribution in [2.24, 2.45) is 5.92 Å². The van der Waals surface area contributed by atoms with Gasteiger partial charge in [0.15, 0.2) is 0 Å². The zero-order valence-corrected chi connectivity index (χ0v) is 9.95. The third-order valence-electron chi connectivity index (χ3n) is 3.00. The summed E-state index contributed by atoms with van der Waals surface area (Å²) in [5.74, 6) is -1.40. The topological polar surface area (TPSA) is 78.4 Å². The SMILES string of the molecule is C=CCNCC(=O)NC1CCCCC1C(=O)O. The minimum Gasteiger partial charge on any atom is -0.481 e. The molecule has 5 nitrogen and oxygen atoms in total. The summed E-state index contributed by atoms with van der Waals surface area (Å²) in [7, 11) is 0. The van der Waals surface area contributed by atoms with E-state index in [0.717, 1.165) is 19.3 Å². The first-order valence-electron chi connectivity index (χ1n) is 5.99. The highest BCUT2D eigenvalue weighted by molar-refractivity contribution is 5.79. The number of amides is 1. The normalized spacial score (nSPS) is 24.0. The third kappa shape index (κ3) is 4.56. The average Bonchev–Trinajstić information content (AvgIpc) is 2.29. The molecule has 0 saturated heterocycles. The molecule has 0 heterocycles. The number of hydrogen-bond donors (Lipinski definition) is 3. The highest BCUT2D eigenvalue weighted by Crippen LogP contribution is 2.24. The van der Waals surface area contributed by atoms with E-state index in [0.29, 0.717) is 13.0 Å². The fraction of sp³-hybridized carbons (Fsp3) is 0.667. The summed E-state index contributed by atoms with van der Waals surface area (Å²) in [6.07, 6.45) is 4.99. The van der Waals surface area contributed by atoms with Crippen LogP contribution in [0.2, 0.25) is 0 Å². The third-order valence-corrected chi connectivity index (χ3v) is 3.00. The van der Waals surface area contributed by atoms with Crippen molar-refractivity contribution >= 4 is 11.9 Å². The van der Waals surface area contributed by atoms with Crippen LogP contribution in [0.1, 0.15) is 25.7 Å². The lowest BCUT2D eigenvalue weighted by molar-refractivity contribution is -0.144. The number of carbonyl (C=O) groups is 2. The molecule has 1 rings (SSSR count). The molecule has 0 aromatic carbocycles. The molecule has 0 spiro atoms. The Morgan fingerprint density at radius 3 is 2.71 bits per heavy atom. The second kappa shape index (κ2) is 7.06. The molecule has 17 heavy (non-hydrogen) atoms. The number of carboxylic acids is 1. The van der Waals surface area contributed by atoms with Gasteiger partial charge in [0, 0.05) is 12.6 Å². The summed E-state index contributed by atoms with van der Waals surface area (Å²) in [5.41, 5.74) is 0. The van der Waals surface area contributed by atoms with E-state index in [4.69, 9.17) is 5.11 Å². The predicted octanol–water partition coefficient (Wildman–Crippen LogP) is 0.522. The van der Waals surface area contributed by atoms with Gasteiger partial charge in [-0.3, -0.25) is 9.59 Å². The van der Waals surface area contributed by atoms with Gasteiger partial charge < -0.3 is 15.7 Å². The first-order valence-corrected chi connectivity index (χ1v) is 5.99. The minimum atomic E-state index is -0.811. The van der Waals surface area contributed by atoms with Crippen LogP contribution in [0, 0.1) is 5.92 Å². The van der Waals surface area contributed by atoms with Crippen molar-refractivity contribution in [3.63, 3.8) is 0 Å². The van der Waals surface area contributed by atoms with Crippen molar-refractivity contribution < 1.29 is 14.7 Å². The number of nitrogens with one attached hydrogen (secondary N) is 2. The van der Waals surface area contributed by atoms with Crippen LogP contribution in [0.4, 0.5) is 0 Å². The van der Waals surface area contributed by atoms with Crippen LogP contribution in [-0.4, -0.2) is 36.1 Å². The van der Waals surface area contributed by atoms with Gasteiger partial charge in [-0.05, 0) is 12.8 Å². The van der Waals surface area contributed by atoms with Crippen molar-refractivity contribution in [1.82, 2.24) is 10.6 Å². The zero-order valence-electron chi connectivity index (χ0n) is 9.95. The van der Waals surface area contributed by atoms with Crippen molar-refractivity contribution in [1.29, 1.82) is 0 Å². The van der Waals surface area contributed by atoms with Crippen LogP contribution in [-0.2, 0) is 9.59 Å². The van der Waals surface area contributed by atoms with Gasteiger partial charge in [0.05, 0.1) is 12.5 Å². The summed E-state index contributed by atoms with van der Waals surface area (Å²) in [4.78, 5) is 22.6. The lowest BCUT2D eigenvalue weighted by Gasteiger charge is -2.29. The van der Waals surface area contributed by atoms with Crippen LogP contribution >= 0.6 is 0 Å². The Kier molecular flexibility index (Phi) is 5.69. The summed E-state index contributed by atoms with van der Waals surface area (Å²) in [5, 5.41) is 14.7. The molecule has 2 unspecified atom stereocenters. The number of hydrogen-bond acceptors (Lipinski definition) is 3. The largest absolute Gasteiger partial charge is 0.481 e. The molecule has 1 aliphatic rings. The smallest absolute Gasteiger partial charge is 0.308 e. The maximum Gasteiger partial charge on any atom is 0.308 e. The lowest BCUT2D eigenvalue weighted by atomic mass is 9.84. The maximum absolute atomic E-state index is 11.6. The summed E-state index contributed by atoms with van der Waals surface area (Å²) < 4.78 is 0. The van der Waals surface area contributed by atoms with E-state index in [1.807, 2.05) is 0 Å². The van der Waals surface area contributed by atoms with Gasteiger partial charge in [-0.25, -0.2) is 0 Å². The average molecular weight is 240 g/mol. The molecule has 0 radical (unpaired) electrons. The quantitative estimate of drug-likeness (QED) is 0.467. The number of carboxylic acid groups (broad SMARTS) is 1. The fourth-order valence-electron chi connectivity index (χ4n) is 2.14. The summed E-state index contributed by atoms with van der Waals surface area (Å²) in [6, 6.07) is -0.223. The Hall–Kier alpha value is -1.36. The summed E-state index contributed by atoms with van der Waals surface area (Å²) in [6.45, 7) is 4.31. The molecule has 0 aromatic heterocycles. The van der Waals surface area contributed by atoms with Gasteiger partial charge >= 0.3 is 5.97 Å². The van der Waals surface area contributed by atoms with Crippen molar-refractivity contribution in [3.8, 4) is 0 Å². The monoisotopic (exact) mass is 240 g/mol. The Bertz CT molecular complexity index is 291. The van der Waals surface area contributed by atoms with Gasteiger partial charge in [-0.1, -0.05) is 18.9 Å². The van der Waals surface area contributed by atoms with E-state index >= 15 is 0 Å². The van der Waals surface area contributed by atoms with Crippen LogP contribution in [0.15, 0.2) is 12.7 Å². The summed E-state index contributed by atoms with van der Waals surface area (Å²) >= 11 is 0. The molecule has 3 N–H and O–H groups in total. The molecule has 2 atom stereocenters. The Morgan fingerprint density at radius 1 is 1.35 bits per heavy atom. The van der Waals surface area contributed by atoms with E-state index in [1.165, 1.54) is 0 Å². The van der Waals surface area contributed by atoms with Gasteiger partial charge in [-0.15, -0.1) is 6.58 Å². The molecule has 1 saturated carbocycles.